The molecule has 0 radical (unpaired) electrons. The quantitative estimate of drug-likeness (QED) is 0.418. The molecule has 0 bridgehead atoms. The van der Waals surface area contributed by atoms with Gasteiger partial charge >= 0.3 is 0 Å². The maximum atomic E-state index is 5.04. The summed E-state index contributed by atoms with van der Waals surface area (Å²) in [7, 11) is 0. The molecule has 0 fully saturated rings. The van der Waals surface area contributed by atoms with Crippen LogP contribution in [-0.2, 0) is 24.2 Å². The standard InChI is InChI=1S/C5H11NOS.Zn/c1-2-3-4-7-5(6)8;/h2-4H2,1H3,(H2,6,8);. The molecule has 0 heterocycles. The molecule has 2 N–H and O–H groups in total. The first-order valence-electron chi connectivity index (χ1n) is 2.69. The smallest absolute Gasteiger partial charge is 0.253 e. The number of nitrogens with two attached hydrogens (primary N) is 1. The zero-order valence-corrected chi connectivity index (χ0v) is 9.51. The van der Waals surface area contributed by atoms with Crippen LogP contribution in [0.25, 0.3) is 0 Å². The van der Waals surface area contributed by atoms with Crippen molar-refractivity contribution >= 4 is 17.4 Å². The van der Waals surface area contributed by atoms with Gasteiger partial charge in [0, 0.05) is 19.5 Å². The van der Waals surface area contributed by atoms with Gasteiger partial charge in [-0.1, -0.05) is 13.3 Å². The Kier molecular flexibility index (Phi) is 11.1. The minimum atomic E-state index is 0. The summed E-state index contributed by atoms with van der Waals surface area (Å²) in [5.41, 5.74) is 5.04. The van der Waals surface area contributed by atoms with Gasteiger partial charge in [-0.2, -0.15) is 0 Å². The summed E-state index contributed by atoms with van der Waals surface area (Å²) in [5, 5.41) is 0.151. The average Bonchev–Trinajstić information content (AvgIpc) is 1.66. The molecule has 4 heteroatoms. The SMILES string of the molecule is CCCCOC(N)=S.[Zn]. The number of hydrogen-bond acceptors (Lipinski definition) is 2. The molecule has 0 aliphatic rings. The summed E-state index contributed by atoms with van der Waals surface area (Å²) in [6, 6.07) is 0. The summed E-state index contributed by atoms with van der Waals surface area (Å²) in [4.78, 5) is 0. The predicted octanol–water partition coefficient (Wildman–Crippen LogP) is 1.04. The van der Waals surface area contributed by atoms with E-state index in [0.29, 0.717) is 6.61 Å². The van der Waals surface area contributed by atoms with Crippen molar-refractivity contribution in [3.8, 4) is 0 Å². The molecule has 0 spiro atoms. The molecule has 0 saturated carbocycles. The van der Waals surface area contributed by atoms with E-state index < -0.39 is 0 Å². The monoisotopic (exact) mass is 197 g/mol. The normalized spacial score (nSPS) is 7.67. The van der Waals surface area contributed by atoms with Gasteiger partial charge in [-0.15, -0.1) is 0 Å². The summed E-state index contributed by atoms with van der Waals surface area (Å²) in [6.07, 6.45) is 2.14. The Morgan fingerprint density at radius 2 is 2.22 bits per heavy atom. The van der Waals surface area contributed by atoms with Gasteiger partial charge in [0.1, 0.15) is 0 Å². The van der Waals surface area contributed by atoms with Gasteiger partial charge in [-0.05, 0) is 18.6 Å². The number of ether oxygens (including phenoxy) is 1. The van der Waals surface area contributed by atoms with Crippen LogP contribution in [0.5, 0.6) is 0 Å². The van der Waals surface area contributed by atoms with E-state index in [2.05, 4.69) is 19.1 Å². The van der Waals surface area contributed by atoms with Crippen molar-refractivity contribution in [1.29, 1.82) is 0 Å². The number of hydrogen-bond donors (Lipinski definition) is 1. The van der Waals surface area contributed by atoms with E-state index >= 15 is 0 Å². The number of rotatable bonds is 3. The molecule has 9 heavy (non-hydrogen) atoms. The van der Waals surface area contributed by atoms with Gasteiger partial charge < -0.3 is 10.5 Å². The Morgan fingerprint density at radius 1 is 1.67 bits per heavy atom. The average molecular weight is 199 g/mol. The topological polar surface area (TPSA) is 35.2 Å². The van der Waals surface area contributed by atoms with Crippen molar-refractivity contribution in [2.75, 3.05) is 6.61 Å². The third kappa shape index (κ3) is 11.7. The molecule has 0 rings (SSSR count). The van der Waals surface area contributed by atoms with Crippen LogP contribution in [0.4, 0.5) is 0 Å². The van der Waals surface area contributed by atoms with E-state index in [-0.39, 0.29) is 24.7 Å². The van der Waals surface area contributed by atoms with Gasteiger partial charge in [0.2, 0.25) is 0 Å². The fraction of sp³-hybridized carbons (Fsp3) is 0.800. The number of unbranched alkanes of at least 4 members (excludes halogenated alkanes) is 1. The van der Waals surface area contributed by atoms with Crippen LogP contribution in [0.3, 0.4) is 0 Å². The second-order valence-electron chi connectivity index (χ2n) is 1.52. The molecule has 0 atom stereocenters. The summed E-state index contributed by atoms with van der Waals surface area (Å²) in [5.74, 6) is 0. The fourth-order valence-corrected chi connectivity index (χ4v) is 0.400. The fourth-order valence-electron chi connectivity index (χ4n) is 0.317. The molecule has 0 aromatic carbocycles. The molecule has 0 aliphatic carbocycles. The third-order valence-corrected chi connectivity index (χ3v) is 0.860. The van der Waals surface area contributed by atoms with E-state index in [1.165, 1.54) is 0 Å². The predicted molar refractivity (Wildman–Crippen MR) is 37.6 cm³/mol. The minimum absolute atomic E-state index is 0. The van der Waals surface area contributed by atoms with Gasteiger partial charge in [0.15, 0.2) is 0 Å². The molecule has 50 valence electrons. The van der Waals surface area contributed by atoms with Gasteiger partial charge in [0.05, 0.1) is 6.61 Å². The summed E-state index contributed by atoms with van der Waals surface area (Å²) >= 11 is 4.46. The van der Waals surface area contributed by atoms with E-state index in [4.69, 9.17) is 10.5 Å². The van der Waals surface area contributed by atoms with Gasteiger partial charge in [-0.3, -0.25) is 0 Å². The van der Waals surface area contributed by atoms with Crippen molar-refractivity contribution in [2.24, 2.45) is 5.73 Å². The van der Waals surface area contributed by atoms with Crippen LogP contribution in [0, 0.1) is 0 Å². The van der Waals surface area contributed by atoms with Crippen molar-refractivity contribution in [1.82, 2.24) is 0 Å². The maximum absolute atomic E-state index is 5.04. The molecule has 0 saturated heterocycles. The molecule has 0 aliphatic heterocycles. The Balaban J connectivity index is 0. The Morgan fingerprint density at radius 3 is 2.56 bits per heavy atom. The molecule has 0 aromatic rings. The van der Waals surface area contributed by atoms with Crippen LogP contribution in [0.1, 0.15) is 19.8 Å². The Hall–Kier alpha value is 0.313. The maximum Gasteiger partial charge on any atom is 0.253 e. The van der Waals surface area contributed by atoms with E-state index in [1.54, 1.807) is 0 Å². The first kappa shape index (κ1) is 12.0. The van der Waals surface area contributed by atoms with E-state index in [9.17, 15) is 0 Å². The molecule has 2 nitrogen and oxygen atoms in total. The third-order valence-electron chi connectivity index (χ3n) is 0.742. The molecule has 0 unspecified atom stereocenters. The molecular weight excluding hydrogens is 188 g/mol. The van der Waals surface area contributed by atoms with Crippen LogP contribution in [0.15, 0.2) is 0 Å². The first-order valence-corrected chi connectivity index (χ1v) is 3.10. The largest absolute Gasteiger partial charge is 0.471 e. The van der Waals surface area contributed by atoms with Crippen LogP contribution in [-0.4, -0.2) is 11.8 Å². The molecule has 0 aromatic heterocycles. The minimum Gasteiger partial charge on any atom is -0.471 e. The van der Waals surface area contributed by atoms with Crippen molar-refractivity contribution < 1.29 is 24.2 Å². The van der Waals surface area contributed by atoms with Crippen LogP contribution < -0.4 is 5.73 Å². The molecular formula is C5H11NOSZn. The second kappa shape index (κ2) is 8.31. The van der Waals surface area contributed by atoms with E-state index in [0.717, 1.165) is 12.8 Å². The van der Waals surface area contributed by atoms with Gasteiger partial charge in [-0.25, -0.2) is 0 Å². The van der Waals surface area contributed by atoms with Crippen molar-refractivity contribution in [2.45, 2.75) is 19.8 Å². The zero-order valence-electron chi connectivity index (χ0n) is 5.72. The van der Waals surface area contributed by atoms with Gasteiger partial charge in [0.25, 0.3) is 5.17 Å². The molecule has 0 amide bonds. The van der Waals surface area contributed by atoms with Crippen molar-refractivity contribution in [3.05, 3.63) is 0 Å². The summed E-state index contributed by atoms with van der Waals surface area (Å²) < 4.78 is 4.79. The summed E-state index contributed by atoms with van der Waals surface area (Å²) in [6.45, 7) is 2.74. The van der Waals surface area contributed by atoms with Crippen LogP contribution >= 0.6 is 12.2 Å². The zero-order chi connectivity index (χ0) is 6.41. The second-order valence-corrected chi connectivity index (χ2v) is 1.92. The van der Waals surface area contributed by atoms with Crippen LogP contribution in [0.2, 0.25) is 0 Å². The Labute approximate surface area is 73.9 Å². The Bertz CT molecular complexity index is 79.4. The number of thiocarbonyl (C=S) groups is 1. The van der Waals surface area contributed by atoms with Crippen molar-refractivity contribution in [3.63, 3.8) is 0 Å². The van der Waals surface area contributed by atoms with E-state index in [1.807, 2.05) is 0 Å². The first-order chi connectivity index (χ1) is 3.77.